The Balaban J connectivity index is 1.88. The third-order valence-electron chi connectivity index (χ3n) is 3.19. The van der Waals surface area contributed by atoms with Crippen molar-refractivity contribution in [1.29, 1.82) is 0 Å². The second-order valence-corrected chi connectivity index (χ2v) is 6.66. The van der Waals surface area contributed by atoms with Gasteiger partial charge in [-0.15, -0.1) is 22.7 Å². The minimum absolute atomic E-state index is 0.293. The molecule has 1 aromatic carbocycles. The molecule has 2 heterocycles. The van der Waals surface area contributed by atoms with Gasteiger partial charge in [0.1, 0.15) is 9.88 Å². The van der Waals surface area contributed by atoms with Crippen LogP contribution in [0.4, 0.5) is 0 Å². The predicted octanol–water partition coefficient (Wildman–Crippen LogP) is 5.02. The lowest BCUT2D eigenvalue weighted by molar-refractivity contribution is 0.0531. The Kier molecular flexibility index (Phi) is 4.36. The van der Waals surface area contributed by atoms with Crippen molar-refractivity contribution in [3.05, 3.63) is 52.3 Å². The number of carbonyl (C=O) groups excluding carboxylic acids is 1. The van der Waals surface area contributed by atoms with Crippen molar-refractivity contribution < 1.29 is 9.53 Å². The molecule has 0 N–H and O–H groups in total. The first-order valence-corrected chi connectivity index (χ1v) is 8.67. The van der Waals surface area contributed by atoms with E-state index in [1.807, 2.05) is 25.1 Å². The minimum atomic E-state index is -0.293. The normalized spacial score (nSPS) is 10.6. The maximum Gasteiger partial charge on any atom is 0.350 e. The van der Waals surface area contributed by atoms with Gasteiger partial charge in [0.2, 0.25) is 0 Å². The summed E-state index contributed by atoms with van der Waals surface area (Å²) in [5.41, 5.74) is 2.93. The van der Waals surface area contributed by atoms with E-state index in [2.05, 4.69) is 28.6 Å². The van der Waals surface area contributed by atoms with Crippen LogP contribution in [0.2, 0.25) is 0 Å². The summed E-state index contributed by atoms with van der Waals surface area (Å²) < 4.78 is 5.06. The lowest BCUT2D eigenvalue weighted by atomic mass is 10.1. The lowest BCUT2D eigenvalue weighted by Gasteiger charge is -2.00. The highest BCUT2D eigenvalue weighted by molar-refractivity contribution is 7.17. The van der Waals surface area contributed by atoms with Crippen LogP contribution in [-0.4, -0.2) is 17.6 Å². The fourth-order valence-electron chi connectivity index (χ4n) is 2.13. The monoisotopic (exact) mass is 329 g/mol. The summed E-state index contributed by atoms with van der Waals surface area (Å²) in [6, 6.07) is 12.4. The summed E-state index contributed by atoms with van der Waals surface area (Å²) >= 11 is 3.10. The van der Waals surface area contributed by atoms with E-state index in [1.54, 1.807) is 18.3 Å². The van der Waals surface area contributed by atoms with Gasteiger partial charge in [0.05, 0.1) is 12.3 Å². The van der Waals surface area contributed by atoms with Crippen LogP contribution >= 0.6 is 22.7 Å². The van der Waals surface area contributed by atoms with E-state index < -0.39 is 0 Å². The Labute approximate surface area is 137 Å². The molecule has 0 unspecified atom stereocenters. The largest absolute Gasteiger partial charge is 0.462 e. The molecule has 3 nitrogen and oxygen atoms in total. The Morgan fingerprint density at radius 2 is 1.91 bits per heavy atom. The van der Waals surface area contributed by atoms with Crippen LogP contribution in [0.1, 0.15) is 22.3 Å². The number of benzene rings is 1. The van der Waals surface area contributed by atoms with E-state index in [0.29, 0.717) is 11.5 Å². The van der Waals surface area contributed by atoms with Crippen molar-refractivity contribution in [3.8, 4) is 21.0 Å². The number of nitrogens with zero attached hydrogens (tertiary/aromatic N) is 1. The number of ether oxygens (including phenoxy) is 1. The second-order valence-electron chi connectivity index (χ2n) is 4.71. The molecular formula is C17H15NO2S2. The first-order valence-electron chi connectivity index (χ1n) is 6.98. The number of carbonyl (C=O) groups is 1. The molecule has 2 aromatic heterocycles. The molecule has 5 heteroatoms. The average molecular weight is 329 g/mol. The molecule has 0 atom stereocenters. The summed E-state index contributed by atoms with van der Waals surface area (Å²) in [5, 5.41) is 2.91. The van der Waals surface area contributed by atoms with Gasteiger partial charge >= 0.3 is 5.97 Å². The fraction of sp³-hybridized carbons (Fsp3) is 0.176. The smallest absolute Gasteiger partial charge is 0.350 e. The van der Waals surface area contributed by atoms with Crippen LogP contribution in [0.15, 0.2) is 41.8 Å². The number of hydrogen-bond donors (Lipinski definition) is 0. The Bertz CT molecular complexity index is 774. The standard InChI is InChI=1S/C17H15NO2S2/c1-3-20-17(19)15-11(2)18-16(22-15)13-8-6-12(7-9-13)14-5-4-10-21-14/h4-10H,3H2,1-2H3. The molecule has 22 heavy (non-hydrogen) atoms. The molecule has 0 aliphatic heterocycles. The van der Waals surface area contributed by atoms with E-state index in [0.717, 1.165) is 16.3 Å². The molecule has 0 bridgehead atoms. The molecule has 3 aromatic rings. The van der Waals surface area contributed by atoms with Crippen LogP contribution in [0.25, 0.3) is 21.0 Å². The molecule has 0 amide bonds. The van der Waals surface area contributed by atoms with Crippen molar-refractivity contribution in [2.24, 2.45) is 0 Å². The van der Waals surface area contributed by atoms with Gasteiger partial charge in [0.25, 0.3) is 0 Å². The molecule has 112 valence electrons. The molecule has 0 saturated heterocycles. The predicted molar refractivity (Wildman–Crippen MR) is 91.6 cm³/mol. The van der Waals surface area contributed by atoms with Crippen LogP contribution < -0.4 is 0 Å². The number of thiazole rings is 1. The first kappa shape index (κ1) is 14.9. The van der Waals surface area contributed by atoms with E-state index in [-0.39, 0.29) is 5.97 Å². The lowest BCUT2D eigenvalue weighted by Crippen LogP contribution is -2.03. The number of hydrogen-bond acceptors (Lipinski definition) is 5. The highest BCUT2D eigenvalue weighted by atomic mass is 32.1. The molecular weight excluding hydrogens is 314 g/mol. The van der Waals surface area contributed by atoms with Crippen molar-refractivity contribution in [1.82, 2.24) is 4.98 Å². The van der Waals surface area contributed by atoms with Crippen LogP contribution in [-0.2, 0) is 4.74 Å². The average Bonchev–Trinajstić information content (AvgIpc) is 3.17. The quantitative estimate of drug-likeness (QED) is 0.631. The molecule has 0 fully saturated rings. The van der Waals surface area contributed by atoms with E-state index in [9.17, 15) is 4.79 Å². The number of thiophene rings is 1. The molecule has 0 aliphatic rings. The van der Waals surface area contributed by atoms with E-state index >= 15 is 0 Å². The first-order chi connectivity index (χ1) is 10.7. The third-order valence-corrected chi connectivity index (χ3v) is 5.30. The van der Waals surface area contributed by atoms with Gasteiger partial charge in [-0.05, 0) is 30.9 Å². The molecule has 0 aliphatic carbocycles. The zero-order chi connectivity index (χ0) is 15.5. The Morgan fingerprint density at radius 3 is 2.55 bits per heavy atom. The molecule has 3 rings (SSSR count). The molecule has 0 spiro atoms. The van der Waals surface area contributed by atoms with Gasteiger partial charge in [0.15, 0.2) is 0 Å². The van der Waals surface area contributed by atoms with Crippen LogP contribution in [0.3, 0.4) is 0 Å². The van der Waals surface area contributed by atoms with Gasteiger partial charge in [-0.1, -0.05) is 30.3 Å². The van der Waals surface area contributed by atoms with Gasteiger partial charge in [-0.2, -0.15) is 0 Å². The van der Waals surface area contributed by atoms with Gasteiger partial charge in [0, 0.05) is 10.4 Å². The van der Waals surface area contributed by atoms with E-state index in [1.165, 1.54) is 21.8 Å². The third kappa shape index (κ3) is 2.96. The summed E-state index contributed by atoms with van der Waals surface area (Å²) in [7, 11) is 0. The number of aromatic nitrogens is 1. The zero-order valence-corrected chi connectivity index (χ0v) is 14.0. The number of esters is 1. The van der Waals surface area contributed by atoms with Crippen molar-refractivity contribution in [2.75, 3.05) is 6.61 Å². The maximum absolute atomic E-state index is 11.9. The summed E-state index contributed by atoms with van der Waals surface area (Å²) in [5.74, 6) is -0.293. The zero-order valence-electron chi connectivity index (χ0n) is 12.3. The summed E-state index contributed by atoms with van der Waals surface area (Å²) in [6.07, 6.45) is 0. The maximum atomic E-state index is 11.9. The van der Waals surface area contributed by atoms with Crippen molar-refractivity contribution in [2.45, 2.75) is 13.8 Å². The van der Waals surface area contributed by atoms with Gasteiger partial charge < -0.3 is 4.74 Å². The second kappa shape index (κ2) is 6.42. The van der Waals surface area contributed by atoms with Crippen molar-refractivity contribution >= 4 is 28.6 Å². The number of aryl methyl sites for hydroxylation is 1. The SMILES string of the molecule is CCOC(=O)c1sc(-c2ccc(-c3cccs3)cc2)nc1C. The highest BCUT2D eigenvalue weighted by Gasteiger charge is 2.17. The molecule has 0 radical (unpaired) electrons. The molecule has 0 saturated carbocycles. The van der Waals surface area contributed by atoms with Crippen molar-refractivity contribution in [3.63, 3.8) is 0 Å². The highest BCUT2D eigenvalue weighted by Crippen LogP contribution is 2.31. The van der Waals surface area contributed by atoms with Crippen LogP contribution in [0.5, 0.6) is 0 Å². The van der Waals surface area contributed by atoms with Gasteiger partial charge in [-0.3, -0.25) is 0 Å². The Hall–Kier alpha value is -1.98. The topological polar surface area (TPSA) is 39.2 Å². The van der Waals surface area contributed by atoms with Crippen LogP contribution in [0, 0.1) is 6.92 Å². The Morgan fingerprint density at radius 1 is 1.18 bits per heavy atom. The number of rotatable bonds is 4. The van der Waals surface area contributed by atoms with E-state index in [4.69, 9.17) is 4.74 Å². The fourth-order valence-corrected chi connectivity index (χ4v) is 3.82. The summed E-state index contributed by atoms with van der Waals surface area (Å²) in [4.78, 5) is 18.2. The minimum Gasteiger partial charge on any atom is -0.462 e. The van der Waals surface area contributed by atoms with Gasteiger partial charge in [-0.25, -0.2) is 9.78 Å². The summed E-state index contributed by atoms with van der Waals surface area (Å²) in [6.45, 7) is 4.02.